The first-order chi connectivity index (χ1) is 4.84. The van der Waals surface area contributed by atoms with Crippen molar-refractivity contribution < 1.29 is 14.6 Å². The van der Waals surface area contributed by atoms with Crippen molar-refractivity contribution in [1.29, 1.82) is 0 Å². The summed E-state index contributed by atoms with van der Waals surface area (Å²) in [4.78, 5) is 10.8. The largest absolute Gasteiger partial charge is 0.458 e. The lowest BCUT2D eigenvalue weighted by Crippen LogP contribution is -2.33. The molecule has 0 spiro atoms. The molecule has 0 aromatic carbocycles. The van der Waals surface area contributed by atoms with Crippen molar-refractivity contribution in [1.82, 2.24) is 0 Å². The van der Waals surface area contributed by atoms with E-state index in [1.54, 1.807) is 0 Å². The van der Waals surface area contributed by atoms with Gasteiger partial charge in [-0.1, -0.05) is 18.2 Å². The van der Waals surface area contributed by atoms with Crippen LogP contribution in [-0.4, -0.2) is 23.3 Å². The van der Waals surface area contributed by atoms with E-state index in [9.17, 15) is 4.79 Å². The molecule has 64 valence electrons. The third-order valence-corrected chi connectivity index (χ3v) is 0.969. The van der Waals surface area contributed by atoms with E-state index in [2.05, 4.69) is 11.3 Å². The first-order valence-electron chi connectivity index (χ1n) is 3.07. The second-order valence-electron chi connectivity index (χ2n) is 2.65. The highest BCUT2D eigenvalue weighted by molar-refractivity contribution is 6.29. The van der Waals surface area contributed by atoms with Crippen LogP contribution in [-0.2, 0) is 9.53 Å². The van der Waals surface area contributed by atoms with Crippen molar-refractivity contribution in [3.63, 3.8) is 0 Å². The predicted octanol–water partition coefficient (Wildman–Crippen LogP) is 1.05. The number of ether oxygens (including phenoxy) is 1. The number of carbonyl (C=O) groups excluding carboxylic acids is 1. The summed E-state index contributed by atoms with van der Waals surface area (Å²) in [6.07, 6.45) is 0. The van der Waals surface area contributed by atoms with Crippen molar-refractivity contribution in [2.45, 2.75) is 19.4 Å². The molecular formula is C7H11ClO3. The van der Waals surface area contributed by atoms with Crippen molar-refractivity contribution in [2.24, 2.45) is 0 Å². The average molecular weight is 179 g/mol. The van der Waals surface area contributed by atoms with Crippen molar-refractivity contribution in [3.05, 3.63) is 11.6 Å². The molecule has 0 heterocycles. The Bertz CT molecular complexity index is 169. The van der Waals surface area contributed by atoms with Gasteiger partial charge in [-0.05, 0) is 13.8 Å². The first-order valence-corrected chi connectivity index (χ1v) is 3.44. The second-order valence-corrected chi connectivity index (χ2v) is 3.19. The van der Waals surface area contributed by atoms with Crippen LogP contribution in [0.4, 0.5) is 0 Å². The Kier molecular flexibility index (Phi) is 3.55. The molecule has 0 fully saturated rings. The molecule has 0 bridgehead atoms. The minimum Gasteiger partial charge on any atom is -0.458 e. The van der Waals surface area contributed by atoms with Gasteiger partial charge < -0.3 is 9.84 Å². The maximum atomic E-state index is 10.8. The zero-order valence-electron chi connectivity index (χ0n) is 6.56. The molecule has 11 heavy (non-hydrogen) atoms. The topological polar surface area (TPSA) is 46.5 Å². The van der Waals surface area contributed by atoms with E-state index >= 15 is 0 Å². The van der Waals surface area contributed by atoms with Gasteiger partial charge in [0.25, 0.3) is 0 Å². The summed E-state index contributed by atoms with van der Waals surface area (Å²) in [5.41, 5.74) is -1.47. The molecule has 4 heteroatoms. The summed E-state index contributed by atoms with van der Waals surface area (Å²) in [5, 5.41) is 9.28. The lowest BCUT2D eigenvalue weighted by Gasteiger charge is -2.14. The summed E-state index contributed by atoms with van der Waals surface area (Å²) < 4.78 is 4.55. The molecule has 0 unspecified atom stereocenters. The smallest absolute Gasteiger partial charge is 0.337 e. The van der Waals surface area contributed by atoms with E-state index in [0.29, 0.717) is 0 Å². The predicted molar refractivity (Wildman–Crippen MR) is 42.2 cm³/mol. The van der Waals surface area contributed by atoms with Gasteiger partial charge in [0.15, 0.2) is 5.60 Å². The Labute approximate surface area is 70.6 Å². The van der Waals surface area contributed by atoms with E-state index in [1.807, 2.05) is 0 Å². The summed E-state index contributed by atoms with van der Waals surface area (Å²) >= 11 is 5.32. The van der Waals surface area contributed by atoms with Crippen molar-refractivity contribution in [3.8, 4) is 0 Å². The van der Waals surface area contributed by atoms with Gasteiger partial charge in [-0.2, -0.15) is 0 Å². The standard InChI is InChI=1S/C7H11ClO3/c1-5(8)4-11-6(9)7(2,3)10/h10H,1,4H2,2-3H3. The Morgan fingerprint density at radius 2 is 2.18 bits per heavy atom. The SMILES string of the molecule is C=C(Cl)COC(=O)C(C)(C)O. The highest BCUT2D eigenvalue weighted by atomic mass is 35.5. The third kappa shape index (κ3) is 4.81. The molecule has 0 rings (SSSR count). The number of hydrogen-bond donors (Lipinski definition) is 1. The van der Waals surface area contributed by atoms with Crippen LogP contribution in [0.25, 0.3) is 0 Å². The molecule has 3 nitrogen and oxygen atoms in total. The number of aliphatic hydroxyl groups is 1. The third-order valence-electron chi connectivity index (χ3n) is 0.859. The number of carbonyl (C=O) groups is 1. The van der Waals surface area contributed by atoms with Crippen molar-refractivity contribution >= 4 is 17.6 Å². The molecule has 0 atom stereocenters. The van der Waals surface area contributed by atoms with Crippen LogP contribution >= 0.6 is 11.6 Å². The Hall–Kier alpha value is -0.540. The number of esters is 1. The monoisotopic (exact) mass is 178 g/mol. The van der Waals surface area contributed by atoms with Gasteiger partial charge in [0.1, 0.15) is 6.61 Å². The summed E-state index contributed by atoms with van der Waals surface area (Å²) in [5.74, 6) is -0.709. The van der Waals surface area contributed by atoms with Crippen LogP contribution in [0, 0.1) is 0 Å². The number of halogens is 1. The van der Waals surface area contributed by atoms with Gasteiger partial charge in [-0.15, -0.1) is 0 Å². The molecule has 0 aliphatic heterocycles. The maximum Gasteiger partial charge on any atom is 0.337 e. The van der Waals surface area contributed by atoms with Gasteiger partial charge in [-0.3, -0.25) is 0 Å². The molecule has 1 N–H and O–H groups in total. The van der Waals surface area contributed by atoms with Gasteiger partial charge in [-0.25, -0.2) is 4.79 Å². The van der Waals surface area contributed by atoms with Gasteiger partial charge in [0, 0.05) is 5.03 Å². The van der Waals surface area contributed by atoms with E-state index in [4.69, 9.17) is 16.7 Å². The van der Waals surface area contributed by atoms with Crippen LogP contribution in [0.1, 0.15) is 13.8 Å². The highest BCUT2D eigenvalue weighted by Crippen LogP contribution is 2.05. The molecule has 0 aromatic heterocycles. The molecule has 0 saturated heterocycles. The van der Waals surface area contributed by atoms with Crippen molar-refractivity contribution in [2.75, 3.05) is 6.61 Å². The number of rotatable bonds is 3. The molecule has 0 aliphatic carbocycles. The zero-order valence-corrected chi connectivity index (χ0v) is 7.31. The van der Waals surface area contributed by atoms with E-state index < -0.39 is 11.6 Å². The fraction of sp³-hybridized carbons (Fsp3) is 0.571. The Morgan fingerprint density at radius 1 is 1.73 bits per heavy atom. The molecule has 0 aliphatic rings. The summed E-state index contributed by atoms with van der Waals surface area (Å²) in [7, 11) is 0. The zero-order chi connectivity index (χ0) is 9.07. The molecule has 0 radical (unpaired) electrons. The van der Waals surface area contributed by atoms with E-state index in [1.165, 1.54) is 13.8 Å². The molecule has 0 aromatic rings. The minimum atomic E-state index is -1.47. The van der Waals surface area contributed by atoms with Crippen LogP contribution in [0.2, 0.25) is 0 Å². The minimum absolute atomic E-state index is 0.0651. The van der Waals surface area contributed by atoms with E-state index in [0.717, 1.165) is 0 Å². The maximum absolute atomic E-state index is 10.8. The van der Waals surface area contributed by atoms with Gasteiger partial charge in [0.2, 0.25) is 0 Å². The fourth-order valence-electron chi connectivity index (χ4n) is 0.320. The second kappa shape index (κ2) is 3.74. The fourth-order valence-corrected chi connectivity index (χ4v) is 0.375. The first kappa shape index (κ1) is 10.5. The van der Waals surface area contributed by atoms with Gasteiger partial charge in [0.05, 0.1) is 0 Å². The quantitative estimate of drug-likeness (QED) is 0.658. The molecular weight excluding hydrogens is 168 g/mol. The lowest BCUT2D eigenvalue weighted by molar-refractivity contribution is -0.160. The molecule has 0 saturated carbocycles. The Morgan fingerprint density at radius 3 is 2.45 bits per heavy atom. The van der Waals surface area contributed by atoms with Crippen LogP contribution in [0.5, 0.6) is 0 Å². The van der Waals surface area contributed by atoms with E-state index in [-0.39, 0.29) is 11.6 Å². The lowest BCUT2D eigenvalue weighted by atomic mass is 10.1. The highest BCUT2D eigenvalue weighted by Gasteiger charge is 2.25. The van der Waals surface area contributed by atoms with Crippen LogP contribution in [0.15, 0.2) is 11.6 Å². The molecule has 0 amide bonds. The van der Waals surface area contributed by atoms with Crippen LogP contribution in [0.3, 0.4) is 0 Å². The van der Waals surface area contributed by atoms with Crippen LogP contribution < -0.4 is 0 Å². The normalized spacial score (nSPS) is 10.9. The average Bonchev–Trinajstić information content (AvgIpc) is 1.80. The summed E-state index contributed by atoms with van der Waals surface area (Å²) in [6, 6.07) is 0. The Balaban J connectivity index is 3.80. The summed E-state index contributed by atoms with van der Waals surface area (Å²) in [6.45, 7) is 5.93. The van der Waals surface area contributed by atoms with Gasteiger partial charge >= 0.3 is 5.97 Å². The number of hydrogen-bond acceptors (Lipinski definition) is 3.